The van der Waals surface area contributed by atoms with Crippen LogP contribution in [0.1, 0.15) is 24.8 Å². The molecule has 0 bridgehead atoms. The van der Waals surface area contributed by atoms with Gasteiger partial charge in [0.2, 0.25) is 0 Å². The lowest BCUT2D eigenvalue weighted by molar-refractivity contribution is 0.134. The predicted octanol–water partition coefficient (Wildman–Crippen LogP) is 2.51. The molecule has 2 fully saturated rings. The van der Waals surface area contributed by atoms with E-state index in [4.69, 9.17) is 0 Å². The van der Waals surface area contributed by atoms with Crippen LogP contribution in [0.3, 0.4) is 0 Å². The Labute approximate surface area is 110 Å². The van der Waals surface area contributed by atoms with E-state index < -0.39 is 0 Å². The van der Waals surface area contributed by atoms with Crippen molar-refractivity contribution in [2.45, 2.75) is 25.8 Å². The van der Waals surface area contributed by atoms with Crippen molar-refractivity contribution in [3.8, 4) is 0 Å². The van der Waals surface area contributed by atoms with Crippen LogP contribution >= 0.6 is 0 Å². The van der Waals surface area contributed by atoms with Crippen LogP contribution < -0.4 is 5.32 Å². The first-order chi connectivity index (χ1) is 8.92. The predicted molar refractivity (Wildman–Crippen MR) is 75.4 cm³/mol. The van der Waals surface area contributed by atoms with Gasteiger partial charge < -0.3 is 5.32 Å². The molecule has 0 radical (unpaired) electrons. The van der Waals surface area contributed by atoms with Crippen molar-refractivity contribution in [2.24, 2.45) is 11.8 Å². The van der Waals surface area contributed by atoms with E-state index in [-0.39, 0.29) is 0 Å². The van der Waals surface area contributed by atoms with Crippen molar-refractivity contribution in [1.82, 2.24) is 10.2 Å². The Hall–Kier alpha value is -0.860. The normalized spacial score (nSPS) is 29.6. The Morgan fingerprint density at radius 1 is 1.11 bits per heavy atom. The maximum absolute atomic E-state index is 3.52. The summed E-state index contributed by atoms with van der Waals surface area (Å²) in [6.07, 6.45) is 4.22. The lowest BCUT2D eigenvalue weighted by Gasteiger charge is -2.35. The molecule has 1 aromatic rings. The number of nitrogens with zero attached hydrogens (tertiary/aromatic N) is 1. The second kappa shape index (κ2) is 5.85. The molecule has 2 heterocycles. The highest BCUT2D eigenvalue weighted by Crippen LogP contribution is 2.28. The lowest BCUT2D eigenvalue weighted by atomic mass is 9.85. The van der Waals surface area contributed by atoms with E-state index in [1.807, 2.05) is 0 Å². The van der Waals surface area contributed by atoms with Crippen molar-refractivity contribution >= 4 is 0 Å². The molecule has 0 aliphatic carbocycles. The van der Waals surface area contributed by atoms with E-state index >= 15 is 0 Å². The summed E-state index contributed by atoms with van der Waals surface area (Å²) >= 11 is 0. The molecule has 2 unspecified atom stereocenters. The molecular formula is C16H24N2. The van der Waals surface area contributed by atoms with Gasteiger partial charge in [0, 0.05) is 13.1 Å². The fraction of sp³-hybridized carbons (Fsp3) is 0.625. The lowest BCUT2D eigenvalue weighted by Crippen LogP contribution is -2.38. The number of hydrogen-bond donors (Lipinski definition) is 1. The van der Waals surface area contributed by atoms with Crippen LogP contribution in [0.25, 0.3) is 0 Å². The van der Waals surface area contributed by atoms with Gasteiger partial charge in [0.1, 0.15) is 0 Å². The van der Waals surface area contributed by atoms with Crippen molar-refractivity contribution in [2.75, 3.05) is 26.2 Å². The fourth-order valence-electron chi connectivity index (χ4n) is 3.54. The summed E-state index contributed by atoms with van der Waals surface area (Å²) in [6, 6.07) is 10.9. The molecule has 2 atom stereocenters. The Balaban J connectivity index is 1.56. The van der Waals surface area contributed by atoms with Crippen LogP contribution in [0.15, 0.2) is 30.3 Å². The largest absolute Gasteiger partial charge is 0.316 e. The van der Waals surface area contributed by atoms with Gasteiger partial charge in [0.25, 0.3) is 0 Å². The van der Waals surface area contributed by atoms with Crippen molar-refractivity contribution < 1.29 is 0 Å². The molecule has 2 saturated heterocycles. The molecule has 0 amide bonds. The minimum Gasteiger partial charge on any atom is -0.316 e. The third-order valence-corrected chi connectivity index (χ3v) is 4.56. The van der Waals surface area contributed by atoms with Gasteiger partial charge in [-0.25, -0.2) is 0 Å². The third-order valence-electron chi connectivity index (χ3n) is 4.56. The minimum atomic E-state index is 0.928. The molecule has 98 valence electrons. The minimum absolute atomic E-state index is 0.928. The number of benzene rings is 1. The van der Waals surface area contributed by atoms with Crippen LogP contribution in [-0.4, -0.2) is 31.1 Å². The summed E-state index contributed by atoms with van der Waals surface area (Å²) in [6.45, 7) is 6.22. The highest BCUT2D eigenvalue weighted by molar-refractivity contribution is 5.14. The summed E-state index contributed by atoms with van der Waals surface area (Å²) in [5, 5.41) is 3.52. The molecule has 0 saturated carbocycles. The molecule has 3 rings (SSSR count). The van der Waals surface area contributed by atoms with E-state index in [9.17, 15) is 0 Å². The maximum Gasteiger partial charge on any atom is 0.0233 e. The highest BCUT2D eigenvalue weighted by Gasteiger charge is 2.28. The zero-order valence-corrected chi connectivity index (χ0v) is 11.1. The summed E-state index contributed by atoms with van der Waals surface area (Å²) in [7, 11) is 0. The van der Waals surface area contributed by atoms with E-state index in [2.05, 4.69) is 40.5 Å². The molecule has 2 aliphatic rings. The van der Waals surface area contributed by atoms with E-state index in [1.165, 1.54) is 51.0 Å². The van der Waals surface area contributed by atoms with Gasteiger partial charge in [-0.3, -0.25) is 4.90 Å². The van der Waals surface area contributed by atoms with Gasteiger partial charge in [0.15, 0.2) is 0 Å². The second-order valence-corrected chi connectivity index (χ2v) is 5.88. The Bertz CT molecular complexity index is 357. The van der Waals surface area contributed by atoms with Crippen LogP contribution in [-0.2, 0) is 6.54 Å². The number of hydrogen-bond acceptors (Lipinski definition) is 2. The number of nitrogens with one attached hydrogen (secondary N) is 1. The molecule has 2 nitrogen and oxygen atoms in total. The standard InChI is InChI=1S/C16H24N2/c1-2-5-14(6-3-1)12-18-10-4-7-16(13-18)15-8-9-17-11-15/h1-3,5-6,15-17H,4,7-13H2. The van der Waals surface area contributed by atoms with Crippen molar-refractivity contribution in [3.05, 3.63) is 35.9 Å². The van der Waals surface area contributed by atoms with Crippen LogP contribution in [0.2, 0.25) is 0 Å². The molecule has 0 aromatic heterocycles. The molecule has 2 aliphatic heterocycles. The molecule has 2 heteroatoms. The second-order valence-electron chi connectivity index (χ2n) is 5.88. The molecular weight excluding hydrogens is 220 g/mol. The smallest absolute Gasteiger partial charge is 0.0233 e. The topological polar surface area (TPSA) is 15.3 Å². The molecule has 1 aromatic carbocycles. The summed E-state index contributed by atoms with van der Waals surface area (Å²) in [5.41, 5.74) is 1.46. The Morgan fingerprint density at radius 3 is 2.78 bits per heavy atom. The molecule has 1 N–H and O–H groups in total. The average Bonchev–Trinajstić information content (AvgIpc) is 2.94. The molecule has 18 heavy (non-hydrogen) atoms. The maximum atomic E-state index is 3.52. The van der Waals surface area contributed by atoms with Gasteiger partial charge >= 0.3 is 0 Å². The van der Waals surface area contributed by atoms with Crippen LogP contribution in [0, 0.1) is 11.8 Å². The van der Waals surface area contributed by atoms with E-state index in [0.29, 0.717) is 0 Å². The zero-order valence-electron chi connectivity index (χ0n) is 11.1. The summed E-state index contributed by atoms with van der Waals surface area (Å²) in [5.74, 6) is 1.86. The van der Waals surface area contributed by atoms with Gasteiger partial charge in [-0.05, 0) is 56.3 Å². The zero-order chi connectivity index (χ0) is 12.2. The van der Waals surface area contributed by atoms with Crippen molar-refractivity contribution in [1.29, 1.82) is 0 Å². The number of likely N-dealkylation sites (tertiary alicyclic amines) is 1. The van der Waals surface area contributed by atoms with Crippen LogP contribution in [0.5, 0.6) is 0 Å². The fourth-order valence-corrected chi connectivity index (χ4v) is 3.54. The van der Waals surface area contributed by atoms with Crippen LogP contribution in [0.4, 0.5) is 0 Å². The van der Waals surface area contributed by atoms with Gasteiger partial charge in [-0.15, -0.1) is 0 Å². The summed E-state index contributed by atoms with van der Waals surface area (Å²) in [4.78, 5) is 2.65. The number of piperidine rings is 1. The Kier molecular flexibility index (Phi) is 3.96. The number of rotatable bonds is 3. The first-order valence-electron chi connectivity index (χ1n) is 7.39. The molecule has 0 spiro atoms. The monoisotopic (exact) mass is 244 g/mol. The van der Waals surface area contributed by atoms with Gasteiger partial charge in [-0.2, -0.15) is 0 Å². The van der Waals surface area contributed by atoms with E-state index in [0.717, 1.165) is 18.4 Å². The van der Waals surface area contributed by atoms with Gasteiger partial charge in [-0.1, -0.05) is 30.3 Å². The first kappa shape index (κ1) is 12.2. The SMILES string of the molecule is c1ccc(CN2CCCC(C3CCNC3)C2)cc1. The van der Waals surface area contributed by atoms with Gasteiger partial charge in [0.05, 0.1) is 0 Å². The first-order valence-corrected chi connectivity index (χ1v) is 7.39. The average molecular weight is 244 g/mol. The quantitative estimate of drug-likeness (QED) is 0.879. The highest BCUT2D eigenvalue weighted by atomic mass is 15.1. The summed E-state index contributed by atoms with van der Waals surface area (Å²) < 4.78 is 0. The third kappa shape index (κ3) is 2.93. The van der Waals surface area contributed by atoms with E-state index in [1.54, 1.807) is 0 Å². The van der Waals surface area contributed by atoms with Crippen molar-refractivity contribution in [3.63, 3.8) is 0 Å². The Morgan fingerprint density at radius 2 is 2.00 bits per heavy atom.